The Kier molecular flexibility index (Phi) is 6.12. The van der Waals surface area contributed by atoms with Crippen LogP contribution in [0, 0.1) is 5.92 Å². The lowest BCUT2D eigenvalue weighted by Crippen LogP contribution is -2.57. The topological polar surface area (TPSA) is 82.1 Å². The third-order valence-electron chi connectivity index (χ3n) is 4.72. The highest BCUT2D eigenvalue weighted by molar-refractivity contribution is 6.23. The van der Waals surface area contributed by atoms with Gasteiger partial charge in [-0.05, 0) is 31.5 Å². The minimum absolute atomic E-state index is 0.136. The number of benzene rings is 1. The maximum Gasteiger partial charge on any atom is 0.331 e. The molecule has 0 unspecified atom stereocenters. The Bertz CT molecular complexity index is 683. The third-order valence-corrected chi connectivity index (χ3v) is 4.72. The second kappa shape index (κ2) is 8.71. The lowest BCUT2D eigenvalue weighted by Gasteiger charge is -2.28. The second-order valence-corrected chi connectivity index (χ2v) is 6.64. The van der Waals surface area contributed by atoms with Gasteiger partial charge in [0.25, 0.3) is 0 Å². The van der Waals surface area contributed by atoms with Gasteiger partial charge >= 0.3 is 6.03 Å². The Labute approximate surface area is 153 Å². The number of urea groups is 1. The van der Waals surface area contributed by atoms with Crippen molar-refractivity contribution in [2.75, 3.05) is 26.2 Å². The average molecular weight is 356 g/mol. The van der Waals surface area contributed by atoms with Crippen molar-refractivity contribution in [1.29, 1.82) is 0 Å². The molecule has 3 rings (SSSR count). The number of hydrogen-bond acceptors (Lipinski definition) is 5. The van der Waals surface area contributed by atoms with Crippen LogP contribution >= 0.6 is 0 Å². The van der Waals surface area contributed by atoms with Crippen molar-refractivity contribution in [2.45, 2.75) is 25.8 Å². The molecule has 0 bridgehead atoms. The maximum absolute atomic E-state index is 12.6. The number of carbonyl (C=O) groups excluding carboxylic acids is 3. The van der Waals surface area contributed by atoms with Crippen molar-refractivity contribution in [1.82, 2.24) is 15.1 Å². The van der Waals surface area contributed by atoms with Gasteiger partial charge in [0.05, 0.1) is 13.1 Å². The minimum Gasteiger partial charge on any atom is -0.302 e. The van der Waals surface area contributed by atoms with Gasteiger partial charge < -0.3 is 4.90 Å². The van der Waals surface area contributed by atoms with Crippen LogP contribution in [0.15, 0.2) is 35.3 Å². The van der Waals surface area contributed by atoms with Crippen LogP contribution in [0.1, 0.15) is 24.8 Å². The number of nitrogens with zero attached hydrogens (tertiary/aromatic N) is 3. The zero-order chi connectivity index (χ0) is 18.4. The molecule has 26 heavy (non-hydrogen) atoms. The maximum atomic E-state index is 12.6. The first-order valence-corrected chi connectivity index (χ1v) is 9.07. The molecule has 2 aliphatic heterocycles. The zero-order valence-electron chi connectivity index (χ0n) is 14.8. The van der Waals surface area contributed by atoms with Crippen molar-refractivity contribution < 1.29 is 14.4 Å². The molecule has 0 radical (unpaired) electrons. The van der Waals surface area contributed by atoms with Crippen LogP contribution < -0.4 is 5.32 Å². The molecule has 1 aromatic rings. The quantitative estimate of drug-likeness (QED) is 0.618. The third kappa shape index (κ3) is 4.54. The van der Waals surface area contributed by atoms with Gasteiger partial charge in [0.2, 0.25) is 11.8 Å². The Morgan fingerprint density at radius 3 is 2.54 bits per heavy atom. The van der Waals surface area contributed by atoms with Gasteiger partial charge in [-0.25, -0.2) is 4.79 Å². The van der Waals surface area contributed by atoms with Crippen LogP contribution in [-0.2, 0) is 16.1 Å². The molecular weight excluding hydrogens is 332 g/mol. The fourth-order valence-electron chi connectivity index (χ4n) is 3.24. The van der Waals surface area contributed by atoms with E-state index in [1.165, 1.54) is 25.5 Å². The predicted octanol–water partition coefficient (Wildman–Crippen LogP) is 1.44. The summed E-state index contributed by atoms with van der Waals surface area (Å²) in [7, 11) is 0. The lowest BCUT2D eigenvalue weighted by molar-refractivity contribution is -0.139. The van der Waals surface area contributed by atoms with E-state index in [1.54, 1.807) is 0 Å². The minimum atomic E-state index is -1.04. The Balaban J connectivity index is 1.58. The van der Waals surface area contributed by atoms with E-state index in [4.69, 9.17) is 0 Å². The summed E-state index contributed by atoms with van der Waals surface area (Å²) in [6, 6.07) is 8.53. The van der Waals surface area contributed by atoms with E-state index in [9.17, 15) is 14.4 Å². The van der Waals surface area contributed by atoms with E-state index in [-0.39, 0.29) is 6.54 Å². The summed E-state index contributed by atoms with van der Waals surface area (Å²) < 4.78 is 0. The smallest absolute Gasteiger partial charge is 0.302 e. The molecular formula is C19H24N4O3. The summed E-state index contributed by atoms with van der Waals surface area (Å²) in [6.45, 7) is 3.67. The van der Waals surface area contributed by atoms with Gasteiger partial charge in [-0.3, -0.25) is 24.8 Å². The van der Waals surface area contributed by atoms with Crippen molar-refractivity contribution in [3.63, 3.8) is 0 Å². The molecule has 2 heterocycles. The molecule has 7 nitrogen and oxygen atoms in total. The molecule has 7 heteroatoms. The van der Waals surface area contributed by atoms with Gasteiger partial charge in [0, 0.05) is 12.8 Å². The fraction of sp³-hybridized carbons (Fsp3) is 0.474. The molecule has 4 amide bonds. The van der Waals surface area contributed by atoms with E-state index in [0.29, 0.717) is 6.54 Å². The summed E-state index contributed by atoms with van der Waals surface area (Å²) >= 11 is 0. The van der Waals surface area contributed by atoms with E-state index in [2.05, 4.69) is 15.2 Å². The highest BCUT2D eigenvalue weighted by atomic mass is 16.2. The summed E-state index contributed by atoms with van der Waals surface area (Å²) in [5.74, 6) is -2.17. The van der Waals surface area contributed by atoms with Gasteiger partial charge in [-0.15, -0.1) is 0 Å². The number of hydrogen-bond donors (Lipinski definition) is 1. The van der Waals surface area contributed by atoms with E-state index in [1.807, 2.05) is 30.3 Å². The molecule has 0 spiro atoms. The monoisotopic (exact) mass is 356 g/mol. The van der Waals surface area contributed by atoms with Crippen LogP contribution in [0.5, 0.6) is 0 Å². The largest absolute Gasteiger partial charge is 0.331 e. The molecule has 0 aromatic heterocycles. The van der Waals surface area contributed by atoms with Crippen LogP contribution in [0.2, 0.25) is 0 Å². The molecule has 2 saturated heterocycles. The molecule has 0 aliphatic carbocycles. The highest BCUT2D eigenvalue weighted by Gasteiger charge is 2.39. The van der Waals surface area contributed by atoms with Crippen molar-refractivity contribution in [3.05, 3.63) is 35.9 Å². The van der Waals surface area contributed by atoms with Crippen LogP contribution in [-0.4, -0.2) is 60.0 Å². The number of imide groups is 2. The summed E-state index contributed by atoms with van der Waals surface area (Å²) in [5.41, 5.74) is 0.825. The van der Waals surface area contributed by atoms with Crippen LogP contribution in [0.25, 0.3) is 0 Å². The molecule has 2 fully saturated rings. The number of aliphatic imine (C=N–C) groups is 1. The molecule has 2 aliphatic rings. The normalized spacial score (nSPS) is 22.1. The second-order valence-electron chi connectivity index (χ2n) is 6.64. The van der Waals surface area contributed by atoms with E-state index < -0.39 is 23.8 Å². The van der Waals surface area contributed by atoms with Gasteiger partial charge in [-0.2, -0.15) is 0 Å². The number of nitrogens with one attached hydrogen (secondary N) is 1. The average Bonchev–Trinajstić information content (AvgIpc) is 2.66. The number of barbiturate groups is 1. The number of piperidine rings is 1. The molecule has 138 valence electrons. The molecule has 1 aromatic carbocycles. The van der Waals surface area contributed by atoms with Gasteiger partial charge in [0.1, 0.15) is 0 Å². The standard InChI is InChI=1S/C19H24N4O3/c24-17-16(13-20-9-12-22-10-5-2-6-11-22)18(25)23(19(26)21-17)14-15-7-3-1-4-8-15/h1,3-4,7-8,13,16H,2,5-6,9-12,14H2,(H,21,24,26)/t16-/m0/s1. The predicted molar refractivity (Wildman–Crippen MR) is 97.7 cm³/mol. The Hall–Kier alpha value is -2.54. The highest BCUT2D eigenvalue weighted by Crippen LogP contribution is 2.13. The summed E-state index contributed by atoms with van der Waals surface area (Å²) in [6.07, 6.45) is 5.08. The summed E-state index contributed by atoms with van der Waals surface area (Å²) in [5, 5.41) is 2.25. The molecule has 1 atom stereocenters. The van der Waals surface area contributed by atoms with Crippen molar-refractivity contribution in [2.24, 2.45) is 10.9 Å². The van der Waals surface area contributed by atoms with Crippen LogP contribution in [0.4, 0.5) is 4.79 Å². The van der Waals surface area contributed by atoms with E-state index >= 15 is 0 Å². The Morgan fingerprint density at radius 1 is 1.08 bits per heavy atom. The molecule has 1 N–H and O–H groups in total. The van der Waals surface area contributed by atoms with Crippen molar-refractivity contribution >= 4 is 24.1 Å². The number of carbonyl (C=O) groups is 3. The van der Waals surface area contributed by atoms with Gasteiger partial charge in [-0.1, -0.05) is 36.8 Å². The number of amides is 4. The fourth-order valence-corrected chi connectivity index (χ4v) is 3.24. The first-order chi connectivity index (χ1) is 12.6. The van der Waals surface area contributed by atoms with Gasteiger partial charge in [0.15, 0.2) is 5.92 Å². The van der Waals surface area contributed by atoms with E-state index in [0.717, 1.165) is 30.1 Å². The summed E-state index contributed by atoms with van der Waals surface area (Å²) in [4.78, 5) is 44.3. The first kappa shape index (κ1) is 18.3. The number of rotatable bonds is 6. The Morgan fingerprint density at radius 2 is 1.81 bits per heavy atom. The first-order valence-electron chi connectivity index (χ1n) is 9.07. The number of likely N-dealkylation sites (tertiary alicyclic amines) is 1. The lowest BCUT2D eigenvalue weighted by atomic mass is 10.1. The SMILES string of the molecule is O=C1NC(=O)N(Cc2ccccc2)C(=O)[C@H]1C=NCCN1CCCCC1. The van der Waals surface area contributed by atoms with Crippen molar-refractivity contribution in [3.8, 4) is 0 Å². The molecule has 0 saturated carbocycles. The zero-order valence-corrected chi connectivity index (χ0v) is 14.8. The van der Waals surface area contributed by atoms with Crippen LogP contribution in [0.3, 0.4) is 0 Å².